The molecule has 3 heteroatoms. The van der Waals surface area contributed by atoms with Gasteiger partial charge < -0.3 is 4.98 Å². The molecule has 0 aliphatic rings. The Labute approximate surface area is 110 Å². The SMILES string of the molecule is c1cnc2c(-c3ccnc4[nH]ccc34)cccc2c1. The van der Waals surface area contributed by atoms with Crippen LogP contribution in [0.15, 0.2) is 61.1 Å². The first-order valence-electron chi connectivity index (χ1n) is 6.20. The maximum absolute atomic E-state index is 4.52. The summed E-state index contributed by atoms with van der Waals surface area (Å²) in [5.74, 6) is 0. The zero-order chi connectivity index (χ0) is 12.7. The lowest BCUT2D eigenvalue weighted by Crippen LogP contribution is -1.86. The molecular formula is C16H11N3. The van der Waals surface area contributed by atoms with Gasteiger partial charge in [-0.3, -0.25) is 4.98 Å². The van der Waals surface area contributed by atoms with Gasteiger partial charge in [0.1, 0.15) is 5.65 Å². The molecule has 90 valence electrons. The van der Waals surface area contributed by atoms with Gasteiger partial charge in [-0.15, -0.1) is 0 Å². The first-order valence-corrected chi connectivity index (χ1v) is 6.20. The molecule has 1 N–H and O–H groups in total. The smallest absolute Gasteiger partial charge is 0.137 e. The summed E-state index contributed by atoms with van der Waals surface area (Å²) in [7, 11) is 0. The minimum Gasteiger partial charge on any atom is -0.346 e. The van der Waals surface area contributed by atoms with Crippen LogP contribution in [0.2, 0.25) is 0 Å². The number of H-pyrrole nitrogens is 1. The largest absolute Gasteiger partial charge is 0.346 e. The van der Waals surface area contributed by atoms with Crippen LogP contribution < -0.4 is 0 Å². The number of hydrogen-bond acceptors (Lipinski definition) is 2. The average molecular weight is 245 g/mol. The van der Waals surface area contributed by atoms with Gasteiger partial charge in [0.25, 0.3) is 0 Å². The molecule has 19 heavy (non-hydrogen) atoms. The third kappa shape index (κ3) is 1.52. The third-order valence-electron chi connectivity index (χ3n) is 3.38. The third-order valence-corrected chi connectivity index (χ3v) is 3.38. The lowest BCUT2D eigenvalue weighted by atomic mass is 10.0. The molecule has 3 heterocycles. The summed E-state index contributed by atoms with van der Waals surface area (Å²) in [5, 5.41) is 2.28. The second kappa shape index (κ2) is 3.92. The van der Waals surface area contributed by atoms with Crippen molar-refractivity contribution in [3.8, 4) is 11.1 Å². The molecule has 4 rings (SSSR count). The van der Waals surface area contributed by atoms with E-state index < -0.39 is 0 Å². The van der Waals surface area contributed by atoms with Crippen molar-refractivity contribution >= 4 is 21.9 Å². The first kappa shape index (κ1) is 10.3. The second-order valence-corrected chi connectivity index (χ2v) is 4.48. The molecule has 3 aromatic heterocycles. The van der Waals surface area contributed by atoms with Crippen LogP contribution in [0.5, 0.6) is 0 Å². The van der Waals surface area contributed by atoms with Crippen LogP contribution in [0.4, 0.5) is 0 Å². The van der Waals surface area contributed by atoms with Crippen LogP contribution in [0.1, 0.15) is 0 Å². The van der Waals surface area contributed by atoms with Crippen molar-refractivity contribution in [3.63, 3.8) is 0 Å². The van der Waals surface area contributed by atoms with Crippen LogP contribution >= 0.6 is 0 Å². The predicted molar refractivity (Wildman–Crippen MR) is 76.8 cm³/mol. The van der Waals surface area contributed by atoms with E-state index in [0.717, 1.165) is 33.1 Å². The number of pyridine rings is 2. The molecule has 0 aliphatic carbocycles. The van der Waals surface area contributed by atoms with Crippen molar-refractivity contribution in [3.05, 3.63) is 61.1 Å². The van der Waals surface area contributed by atoms with Gasteiger partial charge in [0, 0.05) is 34.9 Å². The van der Waals surface area contributed by atoms with E-state index in [1.807, 2.05) is 30.7 Å². The molecule has 1 aromatic carbocycles. The monoisotopic (exact) mass is 245 g/mol. The number of aromatic amines is 1. The van der Waals surface area contributed by atoms with Gasteiger partial charge in [0.05, 0.1) is 5.52 Å². The molecular weight excluding hydrogens is 234 g/mol. The molecule has 0 radical (unpaired) electrons. The van der Waals surface area contributed by atoms with Crippen LogP contribution in [0, 0.1) is 0 Å². The van der Waals surface area contributed by atoms with E-state index >= 15 is 0 Å². The van der Waals surface area contributed by atoms with E-state index in [1.54, 1.807) is 0 Å². The molecule has 3 nitrogen and oxygen atoms in total. The quantitative estimate of drug-likeness (QED) is 0.554. The summed E-state index contributed by atoms with van der Waals surface area (Å²) >= 11 is 0. The number of fused-ring (bicyclic) bond motifs is 2. The molecule has 0 fully saturated rings. The zero-order valence-electron chi connectivity index (χ0n) is 10.2. The van der Waals surface area contributed by atoms with Crippen molar-refractivity contribution in [2.75, 3.05) is 0 Å². The summed E-state index contributed by atoms with van der Waals surface area (Å²) in [6.07, 6.45) is 5.58. The molecule has 0 unspecified atom stereocenters. The van der Waals surface area contributed by atoms with E-state index in [2.05, 4.69) is 45.3 Å². The van der Waals surface area contributed by atoms with Crippen LogP contribution in [0.25, 0.3) is 33.1 Å². The van der Waals surface area contributed by atoms with Crippen LogP contribution in [0.3, 0.4) is 0 Å². The van der Waals surface area contributed by atoms with Gasteiger partial charge >= 0.3 is 0 Å². The van der Waals surface area contributed by atoms with E-state index in [4.69, 9.17) is 0 Å². The zero-order valence-corrected chi connectivity index (χ0v) is 10.2. The molecule has 0 aliphatic heterocycles. The van der Waals surface area contributed by atoms with Gasteiger partial charge in [0.15, 0.2) is 0 Å². The van der Waals surface area contributed by atoms with Crippen molar-refractivity contribution in [2.24, 2.45) is 0 Å². The molecule has 0 spiro atoms. The lowest BCUT2D eigenvalue weighted by Gasteiger charge is -2.06. The Balaban J connectivity index is 2.12. The normalized spacial score (nSPS) is 11.2. The van der Waals surface area contributed by atoms with Crippen molar-refractivity contribution in [2.45, 2.75) is 0 Å². The number of rotatable bonds is 1. The number of para-hydroxylation sites is 1. The predicted octanol–water partition coefficient (Wildman–Crippen LogP) is 3.78. The minimum atomic E-state index is 0.908. The number of nitrogens with zero attached hydrogens (tertiary/aromatic N) is 2. The van der Waals surface area contributed by atoms with Crippen molar-refractivity contribution in [1.29, 1.82) is 0 Å². The Morgan fingerprint density at radius 3 is 2.74 bits per heavy atom. The number of benzene rings is 1. The van der Waals surface area contributed by atoms with Gasteiger partial charge in [0.2, 0.25) is 0 Å². The molecule has 0 saturated carbocycles. The summed E-state index contributed by atoms with van der Waals surface area (Å²) in [6, 6.07) is 14.4. The molecule has 0 saturated heterocycles. The van der Waals surface area contributed by atoms with Crippen molar-refractivity contribution in [1.82, 2.24) is 15.0 Å². The standard InChI is InChI=1S/C16H11N3/c1-3-11-4-2-8-17-15(11)13(5-1)12-6-9-18-16-14(12)7-10-19-16/h1-10H,(H,18,19). The molecule has 4 aromatic rings. The fourth-order valence-electron chi connectivity index (χ4n) is 2.52. The Bertz CT molecular complexity index is 872. The highest BCUT2D eigenvalue weighted by atomic mass is 14.8. The Kier molecular flexibility index (Phi) is 2.12. The number of nitrogens with one attached hydrogen (secondary N) is 1. The van der Waals surface area contributed by atoms with E-state index in [-0.39, 0.29) is 0 Å². The Morgan fingerprint density at radius 1 is 0.789 bits per heavy atom. The highest BCUT2D eigenvalue weighted by molar-refractivity contribution is 6.02. The van der Waals surface area contributed by atoms with Gasteiger partial charge in [-0.1, -0.05) is 24.3 Å². The van der Waals surface area contributed by atoms with Gasteiger partial charge in [-0.25, -0.2) is 4.98 Å². The highest BCUT2D eigenvalue weighted by Crippen LogP contribution is 2.31. The Morgan fingerprint density at radius 2 is 1.74 bits per heavy atom. The molecule has 0 atom stereocenters. The van der Waals surface area contributed by atoms with E-state index in [1.165, 1.54) is 0 Å². The maximum Gasteiger partial charge on any atom is 0.137 e. The fraction of sp³-hybridized carbons (Fsp3) is 0. The van der Waals surface area contributed by atoms with E-state index in [0.29, 0.717) is 0 Å². The Hall–Kier alpha value is -2.68. The minimum absolute atomic E-state index is 0.908. The van der Waals surface area contributed by atoms with Gasteiger partial charge in [-0.2, -0.15) is 0 Å². The second-order valence-electron chi connectivity index (χ2n) is 4.48. The number of aromatic nitrogens is 3. The fourth-order valence-corrected chi connectivity index (χ4v) is 2.52. The first-order chi connectivity index (χ1) is 9.43. The highest BCUT2D eigenvalue weighted by Gasteiger charge is 2.08. The summed E-state index contributed by atoms with van der Waals surface area (Å²) in [4.78, 5) is 12.0. The van der Waals surface area contributed by atoms with E-state index in [9.17, 15) is 0 Å². The lowest BCUT2D eigenvalue weighted by molar-refractivity contribution is 1.32. The maximum atomic E-state index is 4.52. The topological polar surface area (TPSA) is 41.6 Å². The average Bonchev–Trinajstić information content (AvgIpc) is 2.95. The summed E-state index contributed by atoms with van der Waals surface area (Å²) < 4.78 is 0. The molecule has 0 amide bonds. The summed E-state index contributed by atoms with van der Waals surface area (Å²) in [6.45, 7) is 0. The van der Waals surface area contributed by atoms with Crippen molar-refractivity contribution < 1.29 is 0 Å². The van der Waals surface area contributed by atoms with Crippen LogP contribution in [-0.2, 0) is 0 Å². The summed E-state index contributed by atoms with van der Waals surface area (Å²) in [5.41, 5.74) is 4.24. The van der Waals surface area contributed by atoms with Gasteiger partial charge in [-0.05, 0) is 23.8 Å². The van der Waals surface area contributed by atoms with Crippen LogP contribution in [-0.4, -0.2) is 15.0 Å². The number of hydrogen-bond donors (Lipinski definition) is 1. The molecule has 0 bridgehead atoms.